The Morgan fingerprint density at radius 3 is 2.38 bits per heavy atom. The molecule has 3 nitrogen and oxygen atoms in total. The van der Waals surface area contributed by atoms with Gasteiger partial charge in [-0.2, -0.15) is 8.78 Å². The Balaban J connectivity index is 2.68. The average molecular weight is 229 g/mol. The molecule has 0 unspecified atom stereocenters. The summed E-state index contributed by atoms with van der Waals surface area (Å²) in [5, 5.41) is 2.09. The molecule has 1 aromatic carbocycles. The molecule has 0 aliphatic carbocycles. The van der Waals surface area contributed by atoms with E-state index in [1.165, 1.54) is 12.1 Å². The molecular weight excluding hydrogens is 216 g/mol. The zero-order valence-corrected chi connectivity index (χ0v) is 9.04. The minimum atomic E-state index is -3.86. The zero-order chi connectivity index (χ0) is 12.2. The number of carbonyl (C=O) groups is 1. The Labute approximate surface area is 92.4 Å². The number of ether oxygens (including phenoxy) is 1. The second-order valence-corrected chi connectivity index (χ2v) is 3.56. The molecule has 0 aliphatic heterocycles. The third-order valence-corrected chi connectivity index (χ3v) is 1.67. The maximum absolute atomic E-state index is 13.2. The van der Waals surface area contributed by atoms with E-state index in [1.807, 2.05) is 0 Å². The molecule has 0 bridgehead atoms. The van der Waals surface area contributed by atoms with E-state index in [2.05, 4.69) is 10.1 Å². The summed E-state index contributed by atoms with van der Waals surface area (Å²) in [5.41, 5.74) is 0. The number of nitrogens with one attached hydrogen (secondary N) is 1. The Morgan fingerprint density at radius 2 is 1.88 bits per heavy atom. The topological polar surface area (TPSA) is 38.3 Å². The van der Waals surface area contributed by atoms with Gasteiger partial charge in [-0.25, -0.2) is 0 Å². The Morgan fingerprint density at radius 1 is 1.31 bits per heavy atom. The van der Waals surface area contributed by atoms with Crippen molar-refractivity contribution in [1.29, 1.82) is 0 Å². The quantitative estimate of drug-likeness (QED) is 0.859. The van der Waals surface area contributed by atoms with Gasteiger partial charge in [-0.3, -0.25) is 4.79 Å². The summed E-state index contributed by atoms with van der Waals surface area (Å²) in [6, 6.07) is 7.11. The number of hydrogen-bond acceptors (Lipinski definition) is 2. The maximum Gasteiger partial charge on any atom is 0.482 e. The van der Waals surface area contributed by atoms with Gasteiger partial charge in [0.15, 0.2) is 0 Å². The van der Waals surface area contributed by atoms with Crippen LogP contribution in [-0.4, -0.2) is 18.1 Å². The van der Waals surface area contributed by atoms with Crippen LogP contribution in [-0.2, 0) is 4.79 Å². The summed E-state index contributed by atoms with van der Waals surface area (Å²) >= 11 is 0. The lowest BCUT2D eigenvalue weighted by atomic mass is 10.3. The molecule has 5 heteroatoms. The summed E-state index contributed by atoms with van der Waals surface area (Å²) in [6.07, 6.45) is -3.86. The monoisotopic (exact) mass is 229 g/mol. The van der Waals surface area contributed by atoms with Crippen LogP contribution in [0.4, 0.5) is 8.78 Å². The molecule has 0 saturated carbocycles. The van der Waals surface area contributed by atoms with E-state index in [0.29, 0.717) is 0 Å². The third-order valence-electron chi connectivity index (χ3n) is 1.67. The summed E-state index contributed by atoms with van der Waals surface area (Å²) < 4.78 is 30.8. The first-order chi connectivity index (χ1) is 7.42. The number of amides is 1. The standard InChI is InChI=1S/C11H13F2NO2/c1-8(2)14-10(15)11(12,13)16-9-6-4-3-5-7-9/h3-8H,1-2H3,(H,14,15). The van der Waals surface area contributed by atoms with Crippen molar-refractivity contribution in [3.63, 3.8) is 0 Å². The highest BCUT2D eigenvalue weighted by molar-refractivity contribution is 5.82. The van der Waals surface area contributed by atoms with E-state index < -0.39 is 12.0 Å². The molecule has 1 rings (SSSR count). The first-order valence-corrected chi connectivity index (χ1v) is 4.84. The molecule has 1 aromatic rings. The first-order valence-electron chi connectivity index (χ1n) is 4.84. The van der Waals surface area contributed by atoms with E-state index in [-0.39, 0.29) is 11.8 Å². The maximum atomic E-state index is 13.2. The van der Waals surface area contributed by atoms with Crippen LogP contribution in [0, 0.1) is 0 Å². The van der Waals surface area contributed by atoms with Gasteiger partial charge in [0.2, 0.25) is 0 Å². The highest BCUT2D eigenvalue weighted by Crippen LogP contribution is 2.21. The van der Waals surface area contributed by atoms with Crippen molar-refractivity contribution >= 4 is 5.91 Å². The van der Waals surface area contributed by atoms with Gasteiger partial charge in [0.1, 0.15) is 5.75 Å². The van der Waals surface area contributed by atoms with Crippen LogP contribution in [0.25, 0.3) is 0 Å². The molecule has 0 heterocycles. The van der Waals surface area contributed by atoms with Crippen molar-refractivity contribution in [1.82, 2.24) is 5.32 Å². The number of para-hydroxylation sites is 1. The van der Waals surface area contributed by atoms with Crippen molar-refractivity contribution < 1.29 is 18.3 Å². The van der Waals surface area contributed by atoms with Crippen LogP contribution in [0.15, 0.2) is 30.3 Å². The van der Waals surface area contributed by atoms with Crippen LogP contribution >= 0.6 is 0 Å². The van der Waals surface area contributed by atoms with Gasteiger partial charge in [0.25, 0.3) is 0 Å². The van der Waals surface area contributed by atoms with Crippen molar-refractivity contribution in [2.45, 2.75) is 26.0 Å². The number of benzene rings is 1. The van der Waals surface area contributed by atoms with Gasteiger partial charge >= 0.3 is 12.0 Å². The molecule has 0 aliphatic rings. The predicted octanol–water partition coefficient (Wildman–Crippen LogP) is 2.18. The van der Waals surface area contributed by atoms with E-state index in [9.17, 15) is 13.6 Å². The van der Waals surface area contributed by atoms with Gasteiger partial charge in [-0.15, -0.1) is 0 Å². The molecule has 0 saturated heterocycles. The first kappa shape index (κ1) is 12.4. The molecule has 16 heavy (non-hydrogen) atoms. The van der Waals surface area contributed by atoms with Crippen LogP contribution in [0.5, 0.6) is 5.75 Å². The van der Waals surface area contributed by atoms with Gasteiger partial charge in [0, 0.05) is 6.04 Å². The van der Waals surface area contributed by atoms with Gasteiger partial charge < -0.3 is 10.1 Å². The molecule has 0 radical (unpaired) electrons. The largest absolute Gasteiger partial charge is 0.482 e. The summed E-state index contributed by atoms with van der Waals surface area (Å²) in [5.74, 6) is -1.49. The molecular formula is C11H13F2NO2. The zero-order valence-electron chi connectivity index (χ0n) is 9.04. The highest BCUT2D eigenvalue weighted by Gasteiger charge is 2.42. The lowest BCUT2D eigenvalue weighted by molar-refractivity contribution is -0.193. The minimum absolute atomic E-state index is 0.0496. The molecule has 0 atom stereocenters. The summed E-state index contributed by atoms with van der Waals surface area (Å²) in [7, 11) is 0. The number of halogens is 2. The van der Waals surface area contributed by atoms with Gasteiger partial charge in [-0.1, -0.05) is 18.2 Å². The second kappa shape index (κ2) is 4.92. The summed E-state index contributed by atoms with van der Waals surface area (Å²) in [6.45, 7) is 3.19. The fourth-order valence-corrected chi connectivity index (χ4v) is 1.03. The molecule has 0 fully saturated rings. The minimum Gasteiger partial charge on any atom is -0.425 e. The van der Waals surface area contributed by atoms with Crippen LogP contribution in [0.2, 0.25) is 0 Å². The lowest BCUT2D eigenvalue weighted by Crippen LogP contribution is -2.46. The fourth-order valence-electron chi connectivity index (χ4n) is 1.03. The molecule has 0 spiro atoms. The third kappa shape index (κ3) is 3.49. The van der Waals surface area contributed by atoms with Crippen molar-refractivity contribution in [2.24, 2.45) is 0 Å². The van der Waals surface area contributed by atoms with Gasteiger partial charge in [-0.05, 0) is 26.0 Å². The van der Waals surface area contributed by atoms with E-state index in [1.54, 1.807) is 32.0 Å². The lowest BCUT2D eigenvalue weighted by Gasteiger charge is -2.18. The van der Waals surface area contributed by atoms with Crippen LogP contribution < -0.4 is 10.1 Å². The van der Waals surface area contributed by atoms with Crippen molar-refractivity contribution in [2.75, 3.05) is 0 Å². The SMILES string of the molecule is CC(C)NC(=O)C(F)(F)Oc1ccccc1. The van der Waals surface area contributed by atoms with Crippen molar-refractivity contribution in [3.05, 3.63) is 30.3 Å². The number of alkyl halides is 2. The molecule has 0 aromatic heterocycles. The van der Waals surface area contributed by atoms with Crippen LogP contribution in [0.1, 0.15) is 13.8 Å². The fraction of sp³-hybridized carbons (Fsp3) is 0.364. The normalized spacial score (nSPS) is 11.3. The second-order valence-electron chi connectivity index (χ2n) is 3.56. The number of carbonyl (C=O) groups excluding carboxylic acids is 1. The average Bonchev–Trinajstić information content (AvgIpc) is 2.17. The van der Waals surface area contributed by atoms with E-state index in [4.69, 9.17) is 0 Å². The van der Waals surface area contributed by atoms with E-state index in [0.717, 1.165) is 0 Å². The van der Waals surface area contributed by atoms with Crippen LogP contribution in [0.3, 0.4) is 0 Å². The molecule has 88 valence electrons. The predicted molar refractivity (Wildman–Crippen MR) is 55.3 cm³/mol. The van der Waals surface area contributed by atoms with Crippen molar-refractivity contribution in [3.8, 4) is 5.75 Å². The summed E-state index contributed by atoms with van der Waals surface area (Å²) in [4.78, 5) is 11.1. The Bertz CT molecular complexity index is 352. The van der Waals surface area contributed by atoms with E-state index >= 15 is 0 Å². The number of hydrogen-bond donors (Lipinski definition) is 1. The van der Waals surface area contributed by atoms with Gasteiger partial charge in [0.05, 0.1) is 0 Å². The highest BCUT2D eigenvalue weighted by atomic mass is 19.3. The molecule has 1 N–H and O–H groups in total. The molecule has 1 amide bonds. The Hall–Kier alpha value is -1.65. The smallest absolute Gasteiger partial charge is 0.425 e. The Kier molecular flexibility index (Phi) is 3.82. The number of rotatable bonds is 4.